The smallest absolute Gasteiger partial charge is 0.239 e. The van der Waals surface area contributed by atoms with Crippen LogP contribution >= 0.6 is 12.2 Å². The van der Waals surface area contributed by atoms with E-state index in [2.05, 4.69) is 16.0 Å². The molecule has 0 radical (unpaired) electrons. The Bertz CT molecular complexity index is 472. The van der Waals surface area contributed by atoms with Crippen LogP contribution in [0.15, 0.2) is 24.3 Å². The van der Waals surface area contributed by atoms with E-state index in [1.165, 1.54) is 0 Å². The van der Waals surface area contributed by atoms with Crippen molar-refractivity contribution in [2.45, 2.75) is 25.8 Å². The van der Waals surface area contributed by atoms with Crippen molar-refractivity contribution in [3.05, 3.63) is 24.3 Å². The predicted molar refractivity (Wildman–Crippen MR) is 83.0 cm³/mol. The highest BCUT2D eigenvalue weighted by Gasteiger charge is 2.22. The van der Waals surface area contributed by atoms with E-state index in [4.69, 9.17) is 17.0 Å². The van der Waals surface area contributed by atoms with E-state index < -0.39 is 0 Å². The minimum absolute atomic E-state index is 0.0247. The number of thiocarbonyl (C=S) groups is 1. The highest BCUT2D eigenvalue weighted by molar-refractivity contribution is 7.80. The molecule has 0 unspecified atom stereocenters. The third kappa shape index (κ3) is 5.05. The quantitative estimate of drug-likeness (QED) is 0.696. The van der Waals surface area contributed by atoms with Crippen molar-refractivity contribution in [2.24, 2.45) is 0 Å². The molecule has 1 fully saturated rings. The molecular formula is C14H19N3O2S. The average Bonchev–Trinajstić information content (AvgIpc) is 3.23. The second-order valence-corrected chi connectivity index (χ2v) is 5.02. The maximum absolute atomic E-state index is 11.5. The molecule has 0 atom stereocenters. The zero-order chi connectivity index (χ0) is 14.4. The third-order valence-electron chi connectivity index (χ3n) is 2.78. The topological polar surface area (TPSA) is 62.4 Å². The number of rotatable bonds is 6. The van der Waals surface area contributed by atoms with Gasteiger partial charge in [0.15, 0.2) is 5.11 Å². The van der Waals surface area contributed by atoms with Crippen molar-refractivity contribution in [3.63, 3.8) is 0 Å². The molecule has 108 valence electrons. The molecule has 0 saturated heterocycles. The van der Waals surface area contributed by atoms with Crippen LogP contribution in [-0.4, -0.2) is 30.2 Å². The molecule has 5 nitrogen and oxygen atoms in total. The summed E-state index contributed by atoms with van der Waals surface area (Å²) in [6.45, 7) is 2.78. The van der Waals surface area contributed by atoms with Gasteiger partial charge in [-0.25, -0.2) is 0 Å². The SMILES string of the molecule is CCOc1ccc(NC(=S)NCC(=O)NC2CC2)cc1. The fraction of sp³-hybridized carbons (Fsp3) is 0.429. The lowest BCUT2D eigenvalue weighted by molar-refractivity contribution is -0.120. The number of hydrogen-bond acceptors (Lipinski definition) is 3. The maximum atomic E-state index is 11.5. The zero-order valence-electron chi connectivity index (χ0n) is 11.4. The minimum Gasteiger partial charge on any atom is -0.494 e. The van der Waals surface area contributed by atoms with Crippen LogP contribution < -0.4 is 20.7 Å². The first-order chi connectivity index (χ1) is 9.67. The summed E-state index contributed by atoms with van der Waals surface area (Å²) in [4.78, 5) is 11.5. The summed E-state index contributed by atoms with van der Waals surface area (Å²) in [5, 5.41) is 9.22. The molecule has 20 heavy (non-hydrogen) atoms. The van der Waals surface area contributed by atoms with Crippen LogP contribution in [0.25, 0.3) is 0 Å². The van der Waals surface area contributed by atoms with Gasteiger partial charge >= 0.3 is 0 Å². The molecule has 2 rings (SSSR count). The van der Waals surface area contributed by atoms with Gasteiger partial charge in [0.25, 0.3) is 0 Å². The fourth-order valence-corrected chi connectivity index (χ4v) is 1.83. The summed E-state index contributed by atoms with van der Waals surface area (Å²) in [6.07, 6.45) is 2.17. The van der Waals surface area contributed by atoms with Crippen LogP contribution in [0.5, 0.6) is 5.75 Å². The number of nitrogens with one attached hydrogen (secondary N) is 3. The van der Waals surface area contributed by atoms with E-state index in [1.54, 1.807) is 0 Å². The molecule has 0 aromatic heterocycles. The van der Waals surface area contributed by atoms with E-state index in [1.807, 2.05) is 31.2 Å². The van der Waals surface area contributed by atoms with Gasteiger partial charge in [0.2, 0.25) is 5.91 Å². The first-order valence-corrected chi connectivity index (χ1v) is 7.15. The van der Waals surface area contributed by atoms with Crippen molar-refractivity contribution in [1.82, 2.24) is 10.6 Å². The third-order valence-corrected chi connectivity index (χ3v) is 3.02. The Labute approximate surface area is 124 Å². The highest BCUT2D eigenvalue weighted by Crippen LogP contribution is 2.18. The molecule has 6 heteroatoms. The van der Waals surface area contributed by atoms with E-state index in [9.17, 15) is 4.79 Å². The lowest BCUT2D eigenvalue weighted by atomic mass is 10.3. The standard InChI is InChI=1S/C14H19N3O2S/c1-2-19-12-7-5-11(6-8-12)17-14(20)15-9-13(18)16-10-3-4-10/h5-8,10H,2-4,9H2,1H3,(H,16,18)(H2,15,17,20). The summed E-state index contributed by atoms with van der Waals surface area (Å²) in [5.41, 5.74) is 0.855. The Morgan fingerprint density at radius 1 is 1.35 bits per heavy atom. The van der Waals surface area contributed by atoms with Crippen LogP contribution in [0.2, 0.25) is 0 Å². The Balaban J connectivity index is 1.71. The van der Waals surface area contributed by atoms with Gasteiger partial charge in [-0.1, -0.05) is 0 Å². The van der Waals surface area contributed by atoms with Crippen molar-refractivity contribution < 1.29 is 9.53 Å². The minimum atomic E-state index is -0.0247. The Morgan fingerprint density at radius 2 is 2.05 bits per heavy atom. The number of anilines is 1. The van der Waals surface area contributed by atoms with Gasteiger partial charge in [-0.2, -0.15) is 0 Å². The normalized spacial score (nSPS) is 13.4. The van der Waals surface area contributed by atoms with Crippen molar-refractivity contribution in [3.8, 4) is 5.75 Å². The zero-order valence-corrected chi connectivity index (χ0v) is 12.3. The first kappa shape index (κ1) is 14.6. The van der Waals surface area contributed by atoms with Crippen LogP contribution in [0, 0.1) is 0 Å². The second-order valence-electron chi connectivity index (χ2n) is 4.61. The molecule has 0 spiro atoms. The number of benzene rings is 1. The van der Waals surface area contributed by atoms with Gasteiger partial charge < -0.3 is 20.7 Å². The molecule has 3 N–H and O–H groups in total. The molecule has 1 aliphatic rings. The Hall–Kier alpha value is -1.82. The largest absolute Gasteiger partial charge is 0.494 e. The van der Waals surface area contributed by atoms with Crippen LogP contribution in [-0.2, 0) is 4.79 Å². The first-order valence-electron chi connectivity index (χ1n) is 6.74. The summed E-state index contributed by atoms with van der Waals surface area (Å²) in [6, 6.07) is 7.87. The number of carbonyl (C=O) groups is 1. The number of carbonyl (C=O) groups excluding carboxylic acids is 1. The summed E-state index contributed by atoms with van der Waals surface area (Å²) in [7, 11) is 0. The monoisotopic (exact) mass is 293 g/mol. The second kappa shape index (κ2) is 7.09. The predicted octanol–water partition coefficient (Wildman–Crippen LogP) is 1.65. The van der Waals surface area contributed by atoms with Gasteiger partial charge in [-0.05, 0) is 56.2 Å². The molecule has 0 heterocycles. The number of hydrogen-bond donors (Lipinski definition) is 3. The van der Waals surface area contributed by atoms with Crippen molar-refractivity contribution in [1.29, 1.82) is 0 Å². The van der Waals surface area contributed by atoms with E-state index in [0.717, 1.165) is 24.3 Å². The number of ether oxygens (including phenoxy) is 1. The summed E-state index contributed by atoms with van der Waals surface area (Å²) < 4.78 is 5.36. The molecular weight excluding hydrogens is 274 g/mol. The average molecular weight is 293 g/mol. The molecule has 1 aromatic rings. The van der Waals surface area contributed by atoms with Gasteiger partial charge in [0, 0.05) is 11.7 Å². The van der Waals surface area contributed by atoms with Crippen molar-refractivity contribution >= 4 is 28.9 Å². The highest BCUT2D eigenvalue weighted by atomic mass is 32.1. The van der Waals surface area contributed by atoms with Crippen LogP contribution in [0.4, 0.5) is 5.69 Å². The van der Waals surface area contributed by atoms with Crippen LogP contribution in [0.1, 0.15) is 19.8 Å². The van der Waals surface area contributed by atoms with E-state index >= 15 is 0 Å². The summed E-state index contributed by atoms with van der Waals surface area (Å²) in [5.74, 6) is 0.795. The Morgan fingerprint density at radius 3 is 2.65 bits per heavy atom. The van der Waals surface area contributed by atoms with Crippen molar-refractivity contribution in [2.75, 3.05) is 18.5 Å². The molecule has 1 aromatic carbocycles. The van der Waals surface area contributed by atoms with E-state index in [0.29, 0.717) is 17.8 Å². The Kier molecular flexibility index (Phi) is 5.17. The molecule has 1 aliphatic carbocycles. The lowest BCUT2D eigenvalue weighted by Gasteiger charge is -2.11. The van der Waals surface area contributed by atoms with E-state index in [-0.39, 0.29) is 12.5 Å². The van der Waals surface area contributed by atoms with Gasteiger partial charge in [-0.15, -0.1) is 0 Å². The molecule has 0 bridgehead atoms. The van der Waals surface area contributed by atoms with Gasteiger partial charge in [0.1, 0.15) is 5.75 Å². The molecule has 1 amide bonds. The van der Waals surface area contributed by atoms with Gasteiger partial charge in [-0.3, -0.25) is 4.79 Å². The van der Waals surface area contributed by atoms with Crippen LogP contribution in [0.3, 0.4) is 0 Å². The summed E-state index contributed by atoms with van der Waals surface area (Å²) >= 11 is 5.13. The molecule has 0 aliphatic heterocycles. The lowest BCUT2D eigenvalue weighted by Crippen LogP contribution is -2.39. The number of amides is 1. The maximum Gasteiger partial charge on any atom is 0.239 e. The fourth-order valence-electron chi connectivity index (χ4n) is 1.64. The molecule has 1 saturated carbocycles. The van der Waals surface area contributed by atoms with Gasteiger partial charge in [0.05, 0.1) is 13.2 Å².